The maximum atomic E-state index is 5.79. The van der Waals surface area contributed by atoms with Gasteiger partial charge in [0, 0.05) is 18.4 Å². The molecule has 2 aromatic carbocycles. The van der Waals surface area contributed by atoms with E-state index < -0.39 is 0 Å². The smallest absolute Gasteiger partial charge is 0.208 e. The molecule has 1 aromatic heterocycles. The Kier molecular flexibility index (Phi) is 2.41. The summed E-state index contributed by atoms with van der Waals surface area (Å²) in [4.78, 5) is 4.54. The zero-order valence-electron chi connectivity index (χ0n) is 10.1. The fourth-order valence-electron chi connectivity index (χ4n) is 2.10. The van der Waals surface area contributed by atoms with Crippen molar-refractivity contribution in [2.24, 2.45) is 0 Å². The van der Waals surface area contributed by atoms with Crippen LogP contribution in [0.3, 0.4) is 0 Å². The van der Waals surface area contributed by atoms with E-state index in [9.17, 15) is 0 Å². The zero-order valence-corrected chi connectivity index (χ0v) is 10.1. The van der Waals surface area contributed by atoms with Gasteiger partial charge in [-0.15, -0.1) is 0 Å². The number of benzene rings is 2. The van der Waals surface area contributed by atoms with E-state index in [4.69, 9.17) is 5.73 Å². The van der Waals surface area contributed by atoms with Gasteiger partial charge in [0.05, 0.1) is 11.0 Å². The first-order chi connectivity index (χ1) is 8.79. The zero-order chi connectivity index (χ0) is 12.5. The number of nitrogens with two attached hydrogens (primary N) is 1. The minimum atomic E-state index is 0.725. The van der Waals surface area contributed by atoms with Crippen LogP contribution in [0.25, 0.3) is 16.7 Å². The number of nitrogens with one attached hydrogen (secondary N) is 1. The lowest BCUT2D eigenvalue weighted by molar-refractivity contribution is 1.09. The van der Waals surface area contributed by atoms with Crippen molar-refractivity contribution in [2.45, 2.75) is 0 Å². The first-order valence-electron chi connectivity index (χ1n) is 5.81. The predicted molar refractivity (Wildman–Crippen MR) is 75.0 cm³/mol. The van der Waals surface area contributed by atoms with Crippen molar-refractivity contribution >= 4 is 22.7 Å². The van der Waals surface area contributed by atoms with E-state index in [-0.39, 0.29) is 0 Å². The van der Waals surface area contributed by atoms with Gasteiger partial charge in [0.15, 0.2) is 0 Å². The maximum Gasteiger partial charge on any atom is 0.208 e. The molecule has 4 heteroatoms. The van der Waals surface area contributed by atoms with Crippen LogP contribution in [-0.2, 0) is 0 Å². The molecule has 0 saturated heterocycles. The van der Waals surface area contributed by atoms with Crippen LogP contribution >= 0.6 is 0 Å². The van der Waals surface area contributed by atoms with Crippen molar-refractivity contribution < 1.29 is 0 Å². The van der Waals surface area contributed by atoms with Crippen molar-refractivity contribution in [1.29, 1.82) is 0 Å². The van der Waals surface area contributed by atoms with Gasteiger partial charge in [-0.2, -0.15) is 0 Å². The quantitative estimate of drug-likeness (QED) is 0.675. The van der Waals surface area contributed by atoms with Crippen LogP contribution in [-0.4, -0.2) is 16.6 Å². The summed E-state index contributed by atoms with van der Waals surface area (Å²) in [7, 11) is 1.87. The Morgan fingerprint density at radius 3 is 2.61 bits per heavy atom. The van der Waals surface area contributed by atoms with Gasteiger partial charge in [0.25, 0.3) is 0 Å². The van der Waals surface area contributed by atoms with Gasteiger partial charge in [0.2, 0.25) is 5.95 Å². The Morgan fingerprint density at radius 2 is 1.89 bits per heavy atom. The molecule has 0 bridgehead atoms. The molecule has 1 heterocycles. The molecule has 90 valence electrons. The van der Waals surface area contributed by atoms with E-state index in [0.29, 0.717) is 0 Å². The third-order valence-corrected chi connectivity index (χ3v) is 2.92. The van der Waals surface area contributed by atoms with Crippen LogP contribution in [0.1, 0.15) is 0 Å². The number of nitrogen functional groups attached to an aromatic ring is 1. The van der Waals surface area contributed by atoms with E-state index in [2.05, 4.69) is 27.0 Å². The number of imidazole rings is 1. The number of nitrogens with zero attached hydrogens (tertiary/aromatic N) is 2. The molecule has 0 amide bonds. The summed E-state index contributed by atoms with van der Waals surface area (Å²) in [5.41, 5.74) is 9.53. The number of rotatable bonds is 2. The minimum absolute atomic E-state index is 0.725. The summed E-state index contributed by atoms with van der Waals surface area (Å²) < 4.78 is 2.08. The Morgan fingerprint density at radius 1 is 1.11 bits per heavy atom. The molecule has 0 radical (unpaired) electrons. The second kappa shape index (κ2) is 4.07. The van der Waals surface area contributed by atoms with E-state index in [1.807, 2.05) is 43.4 Å². The van der Waals surface area contributed by atoms with E-state index in [1.165, 1.54) is 0 Å². The number of aromatic nitrogens is 2. The van der Waals surface area contributed by atoms with Crippen LogP contribution in [0.15, 0.2) is 48.5 Å². The van der Waals surface area contributed by atoms with Crippen molar-refractivity contribution in [3.63, 3.8) is 0 Å². The topological polar surface area (TPSA) is 55.9 Å². The molecule has 0 aliphatic heterocycles. The Hall–Kier alpha value is -2.49. The molecule has 0 aliphatic carbocycles. The number of hydrogen-bond donors (Lipinski definition) is 2. The average molecular weight is 238 g/mol. The lowest BCUT2D eigenvalue weighted by Gasteiger charge is -2.08. The Balaban J connectivity index is 2.33. The normalized spacial score (nSPS) is 10.7. The van der Waals surface area contributed by atoms with Gasteiger partial charge in [-0.05, 0) is 30.3 Å². The third-order valence-electron chi connectivity index (χ3n) is 2.92. The summed E-state index contributed by atoms with van der Waals surface area (Å²) in [5.74, 6) is 0.807. The third kappa shape index (κ3) is 1.59. The second-order valence-electron chi connectivity index (χ2n) is 4.10. The summed E-state index contributed by atoms with van der Waals surface area (Å²) in [6.45, 7) is 0. The highest BCUT2D eigenvalue weighted by atomic mass is 15.2. The highest BCUT2D eigenvalue weighted by molar-refractivity contribution is 5.84. The molecular formula is C14H14N4. The van der Waals surface area contributed by atoms with Crippen molar-refractivity contribution in [1.82, 2.24) is 9.55 Å². The molecule has 0 unspecified atom stereocenters. The van der Waals surface area contributed by atoms with Crippen molar-refractivity contribution in [2.75, 3.05) is 18.1 Å². The summed E-state index contributed by atoms with van der Waals surface area (Å²) in [6.07, 6.45) is 0. The molecule has 4 nitrogen and oxygen atoms in total. The number of para-hydroxylation sites is 1. The van der Waals surface area contributed by atoms with Crippen LogP contribution in [0.2, 0.25) is 0 Å². The largest absolute Gasteiger partial charge is 0.399 e. The maximum absolute atomic E-state index is 5.79. The van der Waals surface area contributed by atoms with Crippen LogP contribution in [0, 0.1) is 0 Å². The molecule has 0 spiro atoms. The lowest BCUT2D eigenvalue weighted by atomic mass is 10.2. The van der Waals surface area contributed by atoms with Gasteiger partial charge in [-0.1, -0.05) is 18.2 Å². The predicted octanol–water partition coefficient (Wildman–Crippen LogP) is 2.65. The van der Waals surface area contributed by atoms with E-state index in [1.54, 1.807) is 0 Å². The van der Waals surface area contributed by atoms with E-state index >= 15 is 0 Å². The van der Waals surface area contributed by atoms with Gasteiger partial charge in [0.1, 0.15) is 0 Å². The first kappa shape index (κ1) is 10.7. The van der Waals surface area contributed by atoms with Gasteiger partial charge in [-0.3, -0.25) is 4.57 Å². The van der Waals surface area contributed by atoms with Gasteiger partial charge < -0.3 is 11.1 Å². The standard InChI is InChI=1S/C14H14N4/c1-16-14-17-12-9-10(15)7-8-13(12)18(14)11-5-3-2-4-6-11/h2-9H,15H2,1H3,(H,16,17). The summed E-state index contributed by atoms with van der Waals surface area (Å²) in [5, 5.41) is 3.11. The first-order valence-corrected chi connectivity index (χ1v) is 5.81. The second-order valence-corrected chi connectivity index (χ2v) is 4.10. The highest BCUT2D eigenvalue weighted by Gasteiger charge is 2.10. The molecular weight excluding hydrogens is 224 g/mol. The molecule has 0 atom stereocenters. The highest BCUT2D eigenvalue weighted by Crippen LogP contribution is 2.25. The molecule has 3 N–H and O–H groups in total. The fourth-order valence-corrected chi connectivity index (χ4v) is 2.10. The molecule has 18 heavy (non-hydrogen) atoms. The minimum Gasteiger partial charge on any atom is -0.399 e. The fraction of sp³-hybridized carbons (Fsp3) is 0.0714. The molecule has 3 aromatic rings. The number of fused-ring (bicyclic) bond motifs is 1. The van der Waals surface area contributed by atoms with Crippen LogP contribution in [0.5, 0.6) is 0 Å². The lowest BCUT2D eigenvalue weighted by Crippen LogP contribution is -2.00. The number of anilines is 2. The molecule has 3 rings (SSSR count). The van der Waals surface area contributed by atoms with Gasteiger partial charge >= 0.3 is 0 Å². The molecule has 0 aliphatic rings. The monoisotopic (exact) mass is 238 g/mol. The van der Waals surface area contributed by atoms with Crippen LogP contribution < -0.4 is 11.1 Å². The van der Waals surface area contributed by atoms with Crippen molar-refractivity contribution in [3.05, 3.63) is 48.5 Å². The SMILES string of the molecule is CNc1nc2cc(N)ccc2n1-c1ccccc1. The molecule has 0 saturated carbocycles. The Bertz CT molecular complexity index is 686. The Labute approximate surface area is 105 Å². The van der Waals surface area contributed by atoms with Crippen LogP contribution in [0.4, 0.5) is 11.6 Å². The van der Waals surface area contributed by atoms with E-state index in [0.717, 1.165) is 28.4 Å². The number of hydrogen-bond acceptors (Lipinski definition) is 3. The average Bonchev–Trinajstić information content (AvgIpc) is 2.77. The van der Waals surface area contributed by atoms with Crippen molar-refractivity contribution in [3.8, 4) is 5.69 Å². The van der Waals surface area contributed by atoms with Gasteiger partial charge in [-0.25, -0.2) is 4.98 Å². The summed E-state index contributed by atoms with van der Waals surface area (Å²) in [6, 6.07) is 15.9. The molecule has 0 fully saturated rings. The summed E-state index contributed by atoms with van der Waals surface area (Å²) >= 11 is 0.